The minimum Gasteiger partial charge on any atom is -0.381 e. The maximum absolute atomic E-state index is 12.6. The van der Waals surface area contributed by atoms with Gasteiger partial charge in [0, 0.05) is 16.7 Å². The number of halogens is 4. The fourth-order valence-electron chi connectivity index (χ4n) is 1.11. The third-order valence-electron chi connectivity index (χ3n) is 1.87. The van der Waals surface area contributed by atoms with Crippen LogP contribution < -0.4 is 5.32 Å². The Morgan fingerprint density at radius 3 is 2.56 bits per heavy atom. The summed E-state index contributed by atoms with van der Waals surface area (Å²) in [6.07, 6.45) is -4.35. The summed E-state index contributed by atoms with van der Waals surface area (Å²) in [5, 5.41) is 2.86. The highest BCUT2D eigenvalue weighted by Gasteiger charge is 2.33. The van der Waals surface area contributed by atoms with Crippen LogP contribution in [0.1, 0.15) is 12.5 Å². The van der Waals surface area contributed by atoms with E-state index in [1.54, 1.807) is 13.0 Å². The lowest BCUT2D eigenvalue weighted by molar-refractivity contribution is -0.138. The first kappa shape index (κ1) is 13.1. The maximum atomic E-state index is 12.6. The number of anilines is 1. The van der Waals surface area contributed by atoms with Crippen molar-refractivity contribution in [3.8, 4) is 0 Å². The van der Waals surface area contributed by atoms with Gasteiger partial charge in [-0.2, -0.15) is 13.2 Å². The zero-order valence-electron chi connectivity index (χ0n) is 8.66. The van der Waals surface area contributed by atoms with Crippen LogP contribution in [0, 0.1) is 0 Å². The van der Waals surface area contributed by atoms with Gasteiger partial charge >= 0.3 is 6.18 Å². The summed E-state index contributed by atoms with van der Waals surface area (Å²) in [6.45, 7) is 5.92. The third-order valence-corrected chi connectivity index (χ3v) is 2.56. The molecule has 0 aliphatic carbocycles. The zero-order valence-corrected chi connectivity index (χ0v) is 10.2. The Hall–Kier alpha value is -0.970. The number of benzene rings is 1. The molecule has 0 aromatic heterocycles. The molecule has 0 saturated carbocycles. The van der Waals surface area contributed by atoms with E-state index in [9.17, 15) is 13.2 Å². The van der Waals surface area contributed by atoms with Crippen LogP contribution >= 0.6 is 15.9 Å². The van der Waals surface area contributed by atoms with Gasteiger partial charge in [-0.3, -0.25) is 0 Å². The van der Waals surface area contributed by atoms with Gasteiger partial charge in [0.1, 0.15) is 0 Å². The van der Waals surface area contributed by atoms with Gasteiger partial charge in [0.15, 0.2) is 0 Å². The van der Waals surface area contributed by atoms with Crippen molar-refractivity contribution in [3.05, 3.63) is 40.4 Å². The topological polar surface area (TPSA) is 12.0 Å². The number of rotatable bonds is 3. The number of nitrogens with one attached hydrogen (secondary N) is 1. The van der Waals surface area contributed by atoms with Crippen molar-refractivity contribution in [2.45, 2.75) is 13.1 Å². The second-order valence-corrected chi connectivity index (χ2v) is 4.36. The molecule has 0 saturated heterocycles. The van der Waals surface area contributed by atoms with Crippen LogP contribution in [0.5, 0.6) is 0 Å². The summed E-state index contributed by atoms with van der Waals surface area (Å²) in [4.78, 5) is 0. The molecule has 0 radical (unpaired) electrons. The van der Waals surface area contributed by atoms with Crippen molar-refractivity contribution in [1.82, 2.24) is 0 Å². The SMILES string of the molecule is C=C(C)CNc1ccc(Br)c(C(F)(F)F)c1. The Morgan fingerprint density at radius 1 is 1.44 bits per heavy atom. The molecule has 16 heavy (non-hydrogen) atoms. The first-order chi connectivity index (χ1) is 7.30. The van der Waals surface area contributed by atoms with Crippen molar-refractivity contribution < 1.29 is 13.2 Å². The highest BCUT2D eigenvalue weighted by molar-refractivity contribution is 9.10. The highest BCUT2D eigenvalue weighted by atomic mass is 79.9. The van der Waals surface area contributed by atoms with E-state index in [1.807, 2.05) is 0 Å². The normalized spacial score (nSPS) is 11.3. The molecule has 1 N–H and O–H groups in total. The van der Waals surface area contributed by atoms with Crippen LogP contribution in [0.15, 0.2) is 34.8 Å². The molecule has 0 aliphatic rings. The second-order valence-electron chi connectivity index (χ2n) is 3.50. The molecule has 0 heterocycles. The molecule has 0 atom stereocenters. The third kappa shape index (κ3) is 3.56. The van der Waals surface area contributed by atoms with E-state index in [4.69, 9.17) is 0 Å². The van der Waals surface area contributed by atoms with E-state index in [2.05, 4.69) is 27.8 Å². The van der Waals surface area contributed by atoms with Gasteiger partial charge in [0.25, 0.3) is 0 Å². The van der Waals surface area contributed by atoms with Gasteiger partial charge in [-0.05, 0) is 25.1 Å². The smallest absolute Gasteiger partial charge is 0.381 e. The van der Waals surface area contributed by atoms with Crippen LogP contribution in [0.4, 0.5) is 18.9 Å². The molecule has 0 aliphatic heterocycles. The predicted octanol–water partition coefficient (Wildman–Crippen LogP) is 4.46. The lowest BCUT2D eigenvalue weighted by Crippen LogP contribution is -2.08. The maximum Gasteiger partial charge on any atom is 0.417 e. The Morgan fingerprint density at radius 2 is 2.06 bits per heavy atom. The van der Waals surface area contributed by atoms with Crippen molar-refractivity contribution >= 4 is 21.6 Å². The van der Waals surface area contributed by atoms with Gasteiger partial charge in [0.2, 0.25) is 0 Å². The van der Waals surface area contributed by atoms with Crippen LogP contribution in [0.3, 0.4) is 0 Å². The summed E-state index contributed by atoms with van der Waals surface area (Å²) in [7, 11) is 0. The van der Waals surface area contributed by atoms with Crippen molar-refractivity contribution in [3.63, 3.8) is 0 Å². The monoisotopic (exact) mass is 293 g/mol. The first-order valence-corrected chi connectivity index (χ1v) is 5.35. The largest absolute Gasteiger partial charge is 0.417 e. The van der Waals surface area contributed by atoms with E-state index in [0.29, 0.717) is 12.2 Å². The molecule has 1 nitrogen and oxygen atoms in total. The molecule has 1 rings (SSSR count). The highest BCUT2D eigenvalue weighted by Crippen LogP contribution is 2.36. The van der Waals surface area contributed by atoms with Gasteiger partial charge in [-0.1, -0.05) is 28.1 Å². The van der Waals surface area contributed by atoms with E-state index in [0.717, 1.165) is 11.6 Å². The van der Waals surface area contributed by atoms with E-state index >= 15 is 0 Å². The molecule has 88 valence electrons. The fraction of sp³-hybridized carbons (Fsp3) is 0.273. The minimum absolute atomic E-state index is 0.0425. The zero-order chi connectivity index (χ0) is 12.3. The molecule has 1 aromatic carbocycles. The first-order valence-electron chi connectivity index (χ1n) is 4.55. The molecular weight excluding hydrogens is 283 g/mol. The van der Waals surface area contributed by atoms with E-state index in [1.165, 1.54) is 6.07 Å². The molecule has 5 heteroatoms. The molecule has 1 aromatic rings. The van der Waals surface area contributed by atoms with Gasteiger partial charge in [0.05, 0.1) is 5.56 Å². The predicted molar refractivity (Wildman–Crippen MR) is 62.4 cm³/mol. The average molecular weight is 294 g/mol. The molecule has 0 spiro atoms. The van der Waals surface area contributed by atoms with Crippen LogP contribution in [0.25, 0.3) is 0 Å². The Bertz CT molecular complexity index is 399. The van der Waals surface area contributed by atoms with Gasteiger partial charge in [-0.25, -0.2) is 0 Å². The summed E-state index contributed by atoms with van der Waals surface area (Å²) in [5.74, 6) is 0. The fourth-order valence-corrected chi connectivity index (χ4v) is 1.58. The summed E-state index contributed by atoms with van der Waals surface area (Å²) in [5.41, 5.74) is 0.606. The lowest BCUT2D eigenvalue weighted by atomic mass is 10.2. The van der Waals surface area contributed by atoms with Crippen LogP contribution in [-0.2, 0) is 6.18 Å². The summed E-state index contributed by atoms with van der Waals surface area (Å²) in [6, 6.07) is 4.04. The number of hydrogen-bond donors (Lipinski definition) is 1. The lowest BCUT2D eigenvalue weighted by Gasteiger charge is -2.12. The molecular formula is C11H11BrF3N. The van der Waals surface area contributed by atoms with Crippen molar-refractivity contribution in [2.75, 3.05) is 11.9 Å². The standard InChI is InChI=1S/C11H11BrF3N/c1-7(2)6-16-8-3-4-10(12)9(5-8)11(13,14)15/h3-5,16H,1,6H2,2H3. The van der Waals surface area contributed by atoms with E-state index in [-0.39, 0.29) is 4.47 Å². The van der Waals surface area contributed by atoms with Crippen molar-refractivity contribution in [1.29, 1.82) is 0 Å². The Balaban J connectivity index is 2.94. The van der Waals surface area contributed by atoms with E-state index < -0.39 is 11.7 Å². The summed E-state index contributed by atoms with van der Waals surface area (Å²) >= 11 is 2.88. The number of hydrogen-bond acceptors (Lipinski definition) is 1. The average Bonchev–Trinajstić information content (AvgIpc) is 2.14. The molecule has 0 unspecified atom stereocenters. The number of alkyl halides is 3. The van der Waals surface area contributed by atoms with Crippen LogP contribution in [0.2, 0.25) is 0 Å². The van der Waals surface area contributed by atoms with Crippen molar-refractivity contribution in [2.24, 2.45) is 0 Å². The van der Waals surface area contributed by atoms with Gasteiger partial charge in [-0.15, -0.1) is 0 Å². The van der Waals surface area contributed by atoms with Gasteiger partial charge < -0.3 is 5.32 Å². The Kier molecular flexibility index (Phi) is 4.02. The molecule has 0 amide bonds. The second kappa shape index (κ2) is 4.91. The molecule has 0 bridgehead atoms. The minimum atomic E-state index is -4.35. The summed E-state index contributed by atoms with van der Waals surface area (Å²) < 4.78 is 37.7. The van der Waals surface area contributed by atoms with Crippen LogP contribution in [-0.4, -0.2) is 6.54 Å². The quantitative estimate of drug-likeness (QED) is 0.812. The molecule has 0 fully saturated rings. The Labute approximate surface area is 100 Å².